The molecule has 0 aliphatic heterocycles. The predicted octanol–water partition coefficient (Wildman–Crippen LogP) is 0.507. The fraction of sp³-hybridized carbons (Fsp3) is 0.636. The van der Waals surface area contributed by atoms with Gasteiger partial charge in [-0.05, 0) is 19.8 Å². The number of aliphatic hydroxyl groups excluding tert-OH is 1. The van der Waals surface area contributed by atoms with E-state index < -0.39 is 0 Å². The third kappa shape index (κ3) is 3.66. The van der Waals surface area contributed by atoms with Crippen LogP contribution in [0.1, 0.15) is 30.5 Å². The second kappa shape index (κ2) is 6.27. The minimum Gasteiger partial charge on any atom is -0.396 e. The van der Waals surface area contributed by atoms with Crippen LogP contribution in [0.3, 0.4) is 0 Å². The van der Waals surface area contributed by atoms with E-state index in [4.69, 9.17) is 5.11 Å². The number of unbranched alkanes of at least 4 members (excludes halogenated alkanes) is 1. The van der Waals surface area contributed by atoms with E-state index in [1.54, 1.807) is 10.9 Å². The Labute approximate surface area is 95.5 Å². The molecule has 0 saturated carbocycles. The van der Waals surface area contributed by atoms with E-state index in [2.05, 4.69) is 10.4 Å². The Morgan fingerprint density at radius 2 is 2.31 bits per heavy atom. The fourth-order valence-corrected chi connectivity index (χ4v) is 1.40. The monoisotopic (exact) mass is 225 g/mol. The van der Waals surface area contributed by atoms with Crippen LogP contribution in [0.5, 0.6) is 0 Å². The first-order valence-corrected chi connectivity index (χ1v) is 5.50. The summed E-state index contributed by atoms with van der Waals surface area (Å²) in [6, 6.07) is 0. The van der Waals surface area contributed by atoms with Crippen LogP contribution in [0.25, 0.3) is 0 Å². The molecule has 0 aromatic carbocycles. The zero-order valence-corrected chi connectivity index (χ0v) is 9.86. The van der Waals surface area contributed by atoms with Gasteiger partial charge in [0.1, 0.15) is 0 Å². The summed E-state index contributed by atoms with van der Waals surface area (Å²) in [4.78, 5) is 11.4. The molecule has 0 spiro atoms. The molecule has 1 amide bonds. The lowest BCUT2D eigenvalue weighted by Gasteiger charge is -2.04. The van der Waals surface area contributed by atoms with Gasteiger partial charge in [0.05, 0.1) is 6.20 Å². The molecule has 0 radical (unpaired) electrons. The molecule has 0 bridgehead atoms. The fourth-order valence-electron chi connectivity index (χ4n) is 1.40. The van der Waals surface area contributed by atoms with E-state index >= 15 is 0 Å². The van der Waals surface area contributed by atoms with Crippen LogP contribution < -0.4 is 5.32 Å². The zero-order valence-electron chi connectivity index (χ0n) is 9.86. The number of aliphatic hydroxyl groups is 1. The third-order valence-corrected chi connectivity index (χ3v) is 2.62. The zero-order chi connectivity index (χ0) is 12.0. The molecule has 0 aliphatic rings. The number of rotatable bonds is 6. The summed E-state index contributed by atoms with van der Waals surface area (Å²) in [7, 11) is 1.88. The van der Waals surface area contributed by atoms with E-state index in [-0.39, 0.29) is 12.5 Å². The third-order valence-electron chi connectivity index (χ3n) is 2.62. The maximum Gasteiger partial charge on any atom is 0.220 e. The van der Waals surface area contributed by atoms with Gasteiger partial charge in [-0.15, -0.1) is 0 Å². The molecule has 0 atom stereocenters. The van der Waals surface area contributed by atoms with Crippen molar-refractivity contribution in [3.8, 4) is 0 Å². The van der Waals surface area contributed by atoms with Crippen LogP contribution in [0.2, 0.25) is 0 Å². The topological polar surface area (TPSA) is 67.2 Å². The van der Waals surface area contributed by atoms with Crippen LogP contribution in [-0.4, -0.2) is 27.4 Å². The summed E-state index contributed by atoms with van der Waals surface area (Å²) in [6.45, 7) is 2.65. The predicted molar refractivity (Wildman–Crippen MR) is 60.7 cm³/mol. The molecule has 0 aliphatic carbocycles. The van der Waals surface area contributed by atoms with E-state index in [1.807, 2.05) is 14.0 Å². The minimum absolute atomic E-state index is 0.0247. The van der Waals surface area contributed by atoms with Crippen molar-refractivity contribution in [2.24, 2.45) is 7.05 Å². The van der Waals surface area contributed by atoms with Gasteiger partial charge in [-0.2, -0.15) is 5.10 Å². The van der Waals surface area contributed by atoms with Crippen molar-refractivity contribution in [2.75, 3.05) is 6.61 Å². The molecule has 1 aromatic heterocycles. The molecule has 0 unspecified atom stereocenters. The highest BCUT2D eigenvalue weighted by molar-refractivity contribution is 5.75. The lowest BCUT2D eigenvalue weighted by molar-refractivity contribution is -0.121. The SMILES string of the molecule is Cc1c(CNC(=O)CCCCO)cnn1C. The largest absolute Gasteiger partial charge is 0.396 e. The molecule has 1 aromatic rings. The molecule has 0 fully saturated rings. The van der Waals surface area contributed by atoms with Gasteiger partial charge in [0, 0.05) is 37.9 Å². The Balaban J connectivity index is 2.29. The Kier molecular flexibility index (Phi) is 4.98. The molecule has 1 heterocycles. The summed E-state index contributed by atoms with van der Waals surface area (Å²) in [5.41, 5.74) is 2.11. The van der Waals surface area contributed by atoms with Crippen molar-refractivity contribution in [1.82, 2.24) is 15.1 Å². The normalized spacial score (nSPS) is 10.4. The number of amides is 1. The Hall–Kier alpha value is -1.36. The molecule has 1 rings (SSSR count). The summed E-state index contributed by atoms with van der Waals surface area (Å²) in [5.74, 6) is 0.0247. The van der Waals surface area contributed by atoms with Crippen LogP contribution in [0, 0.1) is 6.92 Å². The molecule has 2 N–H and O–H groups in total. The van der Waals surface area contributed by atoms with E-state index in [0.717, 1.165) is 17.7 Å². The average molecular weight is 225 g/mol. The summed E-state index contributed by atoms with van der Waals surface area (Å²) >= 11 is 0. The van der Waals surface area contributed by atoms with Crippen LogP contribution in [0.15, 0.2) is 6.20 Å². The van der Waals surface area contributed by atoms with Crippen molar-refractivity contribution >= 4 is 5.91 Å². The van der Waals surface area contributed by atoms with E-state index in [1.165, 1.54) is 0 Å². The number of hydrogen-bond acceptors (Lipinski definition) is 3. The maximum absolute atomic E-state index is 11.4. The molecule has 90 valence electrons. The standard InChI is InChI=1S/C11H19N3O2/c1-9-10(8-13-14(9)2)7-12-11(16)5-3-4-6-15/h8,15H,3-7H2,1-2H3,(H,12,16). The van der Waals surface area contributed by atoms with Gasteiger partial charge in [-0.1, -0.05) is 0 Å². The second-order valence-electron chi connectivity index (χ2n) is 3.84. The van der Waals surface area contributed by atoms with Crippen molar-refractivity contribution in [3.63, 3.8) is 0 Å². The van der Waals surface area contributed by atoms with Crippen LogP contribution >= 0.6 is 0 Å². The first-order valence-electron chi connectivity index (χ1n) is 5.50. The van der Waals surface area contributed by atoms with Gasteiger partial charge >= 0.3 is 0 Å². The molecule has 16 heavy (non-hydrogen) atoms. The van der Waals surface area contributed by atoms with Gasteiger partial charge in [0.15, 0.2) is 0 Å². The van der Waals surface area contributed by atoms with Gasteiger partial charge in [0.25, 0.3) is 0 Å². The molecular weight excluding hydrogens is 206 g/mol. The number of aromatic nitrogens is 2. The van der Waals surface area contributed by atoms with Gasteiger partial charge in [0.2, 0.25) is 5.91 Å². The van der Waals surface area contributed by atoms with Gasteiger partial charge < -0.3 is 10.4 Å². The quantitative estimate of drug-likeness (QED) is 0.693. The Morgan fingerprint density at radius 3 is 2.88 bits per heavy atom. The number of carbonyl (C=O) groups excluding carboxylic acids is 1. The maximum atomic E-state index is 11.4. The second-order valence-corrected chi connectivity index (χ2v) is 3.84. The highest BCUT2D eigenvalue weighted by atomic mass is 16.2. The number of carbonyl (C=O) groups is 1. The molecule has 0 saturated heterocycles. The lowest BCUT2D eigenvalue weighted by atomic mass is 10.2. The van der Waals surface area contributed by atoms with Crippen molar-refractivity contribution in [1.29, 1.82) is 0 Å². The first kappa shape index (κ1) is 12.7. The molecular formula is C11H19N3O2. The Morgan fingerprint density at radius 1 is 1.56 bits per heavy atom. The van der Waals surface area contributed by atoms with Gasteiger partial charge in [-0.25, -0.2) is 0 Å². The highest BCUT2D eigenvalue weighted by Crippen LogP contribution is 2.05. The van der Waals surface area contributed by atoms with Crippen LogP contribution in [-0.2, 0) is 18.4 Å². The first-order chi connectivity index (χ1) is 7.65. The number of nitrogens with one attached hydrogen (secondary N) is 1. The number of hydrogen-bond donors (Lipinski definition) is 2. The number of nitrogens with zero attached hydrogens (tertiary/aromatic N) is 2. The van der Waals surface area contributed by atoms with Crippen molar-refractivity contribution < 1.29 is 9.90 Å². The average Bonchev–Trinajstić information content (AvgIpc) is 2.58. The minimum atomic E-state index is 0.0247. The van der Waals surface area contributed by atoms with Crippen LogP contribution in [0.4, 0.5) is 0 Å². The van der Waals surface area contributed by atoms with Gasteiger partial charge in [-0.3, -0.25) is 9.48 Å². The summed E-state index contributed by atoms with van der Waals surface area (Å²) in [5, 5.41) is 15.5. The highest BCUT2D eigenvalue weighted by Gasteiger charge is 2.05. The Bertz CT molecular complexity index is 347. The molecule has 5 nitrogen and oxygen atoms in total. The lowest BCUT2D eigenvalue weighted by Crippen LogP contribution is -2.22. The number of aryl methyl sites for hydroxylation is 1. The van der Waals surface area contributed by atoms with E-state index in [0.29, 0.717) is 19.4 Å². The molecule has 5 heteroatoms. The summed E-state index contributed by atoms with van der Waals surface area (Å²) in [6.07, 6.45) is 3.65. The summed E-state index contributed by atoms with van der Waals surface area (Å²) < 4.78 is 1.78. The van der Waals surface area contributed by atoms with E-state index in [9.17, 15) is 4.79 Å². The smallest absolute Gasteiger partial charge is 0.220 e. The van der Waals surface area contributed by atoms with Crippen molar-refractivity contribution in [2.45, 2.75) is 32.7 Å². The van der Waals surface area contributed by atoms with Crippen molar-refractivity contribution in [3.05, 3.63) is 17.5 Å².